The van der Waals surface area contributed by atoms with Crippen LogP contribution in [-0.4, -0.2) is 36.7 Å². The van der Waals surface area contributed by atoms with Crippen molar-refractivity contribution in [3.63, 3.8) is 0 Å². The molecule has 0 heterocycles. The quantitative estimate of drug-likeness (QED) is 0.491. The van der Waals surface area contributed by atoms with Gasteiger partial charge in [-0.3, -0.25) is 19.2 Å². The molecule has 0 aliphatic heterocycles. The highest BCUT2D eigenvalue weighted by Gasteiger charge is 2.51. The molecule has 31 heavy (non-hydrogen) atoms. The molecule has 4 saturated carbocycles. The highest BCUT2D eigenvalue weighted by Crippen LogP contribution is 2.61. The second-order valence-electron chi connectivity index (χ2n) is 9.68. The summed E-state index contributed by atoms with van der Waals surface area (Å²) in [5, 5.41) is 5.24. The third-order valence-corrected chi connectivity index (χ3v) is 7.08. The number of Topliss-reactive ketones (excluding diaryl/α,β-unsaturated/α-hetero) is 1. The van der Waals surface area contributed by atoms with Crippen molar-refractivity contribution in [1.29, 1.82) is 0 Å². The molecule has 5 rings (SSSR count). The van der Waals surface area contributed by atoms with Crippen LogP contribution < -0.4 is 10.6 Å². The molecule has 0 aromatic heterocycles. The molecule has 166 valence electrons. The molecule has 7 heteroatoms. The molecule has 0 unspecified atom stereocenters. The van der Waals surface area contributed by atoms with Crippen molar-refractivity contribution in [3.05, 3.63) is 29.8 Å². The van der Waals surface area contributed by atoms with Gasteiger partial charge in [0.05, 0.1) is 5.69 Å². The molecule has 0 saturated heterocycles. The Morgan fingerprint density at radius 1 is 0.968 bits per heavy atom. The fourth-order valence-electron chi connectivity index (χ4n) is 6.36. The highest BCUT2D eigenvalue weighted by molar-refractivity contribution is 6.04. The molecule has 0 atom stereocenters. The van der Waals surface area contributed by atoms with Crippen LogP contribution in [0.25, 0.3) is 0 Å². The Balaban J connectivity index is 1.19. The summed E-state index contributed by atoms with van der Waals surface area (Å²) in [6.45, 7) is 0.690. The second kappa shape index (κ2) is 8.81. The fourth-order valence-corrected chi connectivity index (χ4v) is 6.36. The number of para-hydroxylation sites is 1. The molecule has 1 aromatic carbocycles. The first-order chi connectivity index (χ1) is 14.8. The lowest BCUT2D eigenvalue weighted by molar-refractivity contribution is -0.147. The van der Waals surface area contributed by atoms with Crippen LogP contribution in [0.5, 0.6) is 0 Å². The Morgan fingerprint density at radius 3 is 2.19 bits per heavy atom. The molecular weight excluding hydrogens is 396 g/mol. The zero-order valence-electron chi connectivity index (χ0n) is 17.9. The first-order valence-corrected chi connectivity index (χ1v) is 11.1. The largest absolute Gasteiger partial charge is 0.454 e. The number of ketones is 1. The van der Waals surface area contributed by atoms with E-state index in [-0.39, 0.29) is 23.7 Å². The van der Waals surface area contributed by atoms with Gasteiger partial charge in [0.2, 0.25) is 5.91 Å². The first kappa shape index (κ1) is 21.5. The van der Waals surface area contributed by atoms with E-state index in [0.29, 0.717) is 17.7 Å². The number of carbonyl (C=O) groups excluding carboxylic acids is 4. The third kappa shape index (κ3) is 5.14. The van der Waals surface area contributed by atoms with Crippen molar-refractivity contribution in [2.45, 2.75) is 51.9 Å². The van der Waals surface area contributed by atoms with Gasteiger partial charge in [-0.25, -0.2) is 0 Å². The summed E-state index contributed by atoms with van der Waals surface area (Å²) in [4.78, 5) is 48.1. The molecule has 4 bridgehead atoms. The topological polar surface area (TPSA) is 102 Å². The van der Waals surface area contributed by atoms with Crippen molar-refractivity contribution < 1.29 is 23.9 Å². The zero-order valence-corrected chi connectivity index (χ0v) is 17.9. The van der Waals surface area contributed by atoms with Crippen LogP contribution in [0.4, 0.5) is 5.69 Å². The van der Waals surface area contributed by atoms with E-state index in [9.17, 15) is 19.2 Å². The molecular formula is C24H30N2O5. The number of esters is 1. The van der Waals surface area contributed by atoms with Gasteiger partial charge in [0.1, 0.15) is 6.54 Å². The number of benzene rings is 1. The fraction of sp³-hybridized carbons (Fsp3) is 0.583. The monoisotopic (exact) mass is 426 g/mol. The Hall–Kier alpha value is -2.70. The summed E-state index contributed by atoms with van der Waals surface area (Å²) in [5.74, 6) is 0.839. The van der Waals surface area contributed by atoms with Gasteiger partial charge in [0.25, 0.3) is 5.91 Å². The summed E-state index contributed by atoms with van der Waals surface area (Å²) in [7, 11) is 0. The van der Waals surface area contributed by atoms with Gasteiger partial charge in [-0.05, 0) is 80.8 Å². The lowest BCUT2D eigenvalue weighted by atomic mass is 9.49. The van der Waals surface area contributed by atoms with E-state index in [1.807, 2.05) is 0 Å². The lowest BCUT2D eigenvalue weighted by Gasteiger charge is -2.56. The number of nitrogens with one attached hydrogen (secondary N) is 2. The van der Waals surface area contributed by atoms with Crippen LogP contribution in [0.1, 0.15) is 62.2 Å². The van der Waals surface area contributed by atoms with Gasteiger partial charge in [-0.1, -0.05) is 12.1 Å². The average molecular weight is 427 g/mol. The lowest BCUT2D eigenvalue weighted by Crippen LogP contribution is -2.48. The molecule has 0 radical (unpaired) electrons. The van der Waals surface area contributed by atoms with Crippen molar-refractivity contribution in [2.24, 2.45) is 23.2 Å². The van der Waals surface area contributed by atoms with Crippen LogP contribution in [0, 0.1) is 23.2 Å². The van der Waals surface area contributed by atoms with Crippen LogP contribution in [-0.2, 0) is 19.1 Å². The molecule has 7 nitrogen and oxygen atoms in total. The Kier molecular flexibility index (Phi) is 6.12. The summed E-state index contributed by atoms with van der Waals surface area (Å²) in [6.07, 6.45) is 7.87. The van der Waals surface area contributed by atoms with E-state index < -0.39 is 18.5 Å². The number of ether oxygens (including phenoxy) is 1. The molecule has 2 amide bonds. The normalized spacial score (nSPS) is 28.1. The number of hydrogen-bond donors (Lipinski definition) is 2. The van der Waals surface area contributed by atoms with Crippen LogP contribution in [0.15, 0.2) is 24.3 Å². The van der Waals surface area contributed by atoms with Crippen LogP contribution >= 0.6 is 0 Å². The molecule has 4 aliphatic rings. The SMILES string of the molecule is CC(=O)c1ccccc1NC(=O)COC(=O)CNC(=O)CC12CC3CC(CC(C3)C1)C2. The number of amides is 2. The summed E-state index contributed by atoms with van der Waals surface area (Å²) in [5.41, 5.74) is 0.881. The Morgan fingerprint density at radius 2 is 1.58 bits per heavy atom. The van der Waals surface area contributed by atoms with Gasteiger partial charge in [0.15, 0.2) is 12.4 Å². The van der Waals surface area contributed by atoms with E-state index in [2.05, 4.69) is 10.6 Å². The van der Waals surface area contributed by atoms with Crippen molar-refractivity contribution in [2.75, 3.05) is 18.5 Å². The number of anilines is 1. The molecule has 4 fully saturated rings. The maximum absolute atomic E-state index is 12.5. The number of carbonyl (C=O) groups is 4. The smallest absolute Gasteiger partial charge is 0.325 e. The molecule has 1 aromatic rings. The minimum Gasteiger partial charge on any atom is -0.454 e. The van der Waals surface area contributed by atoms with Gasteiger partial charge in [0, 0.05) is 12.0 Å². The van der Waals surface area contributed by atoms with E-state index >= 15 is 0 Å². The van der Waals surface area contributed by atoms with Gasteiger partial charge < -0.3 is 15.4 Å². The van der Waals surface area contributed by atoms with Gasteiger partial charge in [-0.2, -0.15) is 0 Å². The number of hydrogen-bond acceptors (Lipinski definition) is 5. The predicted octanol–water partition coefficient (Wildman–Crippen LogP) is 3.09. The van der Waals surface area contributed by atoms with E-state index in [4.69, 9.17) is 4.74 Å². The van der Waals surface area contributed by atoms with Crippen LogP contribution in [0.3, 0.4) is 0 Å². The second-order valence-corrected chi connectivity index (χ2v) is 9.68. The Bertz CT molecular complexity index is 858. The van der Waals surface area contributed by atoms with Crippen molar-refractivity contribution >= 4 is 29.3 Å². The van der Waals surface area contributed by atoms with Crippen LogP contribution in [0.2, 0.25) is 0 Å². The van der Waals surface area contributed by atoms with Gasteiger partial charge >= 0.3 is 5.97 Å². The standard InChI is InChI=1S/C24H30N2O5/c1-15(27)19-4-2-3-5-20(19)26-22(29)14-31-23(30)13-25-21(28)12-24-9-16-6-17(10-24)8-18(7-16)11-24/h2-5,16-18H,6-14H2,1H3,(H,25,28)(H,26,29). The van der Waals surface area contributed by atoms with E-state index in [1.54, 1.807) is 24.3 Å². The summed E-state index contributed by atoms with van der Waals surface area (Å²) in [6, 6.07) is 6.64. The van der Waals surface area contributed by atoms with Crippen molar-refractivity contribution in [1.82, 2.24) is 5.32 Å². The maximum atomic E-state index is 12.5. The zero-order chi connectivity index (χ0) is 22.0. The Labute approximate surface area is 182 Å². The first-order valence-electron chi connectivity index (χ1n) is 11.1. The predicted molar refractivity (Wildman–Crippen MR) is 114 cm³/mol. The minimum atomic E-state index is -0.658. The molecule has 2 N–H and O–H groups in total. The van der Waals surface area contributed by atoms with E-state index in [0.717, 1.165) is 37.0 Å². The van der Waals surface area contributed by atoms with Gasteiger partial charge in [-0.15, -0.1) is 0 Å². The highest BCUT2D eigenvalue weighted by atomic mass is 16.5. The van der Waals surface area contributed by atoms with E-state index in [1.165, 1.54) is 26.2 Å². The summed E-state index contributed by atoms with van der Waals surface area (Å²) >= 11 is 0. The summed E-state index contributed by atoms with van der Waals surface area (Å²) < 4.78 is 4.97. The molecule has 0 spiro atoms. The maximum Gasteiger partial charge on any atom is 0.325 e. The minimum absolute atomic E-state index is 0.112. The molecule has 4 aliphatic carbocycles. The van der Waals surface area contributed by atoms with Crippen molar-refractivity contribution in [3.8, 4) is 0 Å². The average Bonchev–Trinajstić information content (AvgIpc) is 2.69. The third-order valence-electron chi connectivity index (χ3n) is 7.08. The number of rotatable bonds is 8.